The molecule has 1 amide bonds. The van der Waals surface area contributed by atoms with Crippen molar-refractivity contribution >= 4 is 11.9 Å². The average molecular weight is 397 g/mol. The normalized spacial score (nSPS) is 13.9. The predicted octanol–water partition coefficient (Wildman–Crippen LogP) is 4.07. The molecule has 6 heteroatoms. The summed E-state index contributed by atoms with van der Waals surface area (Å²) in [6.07, 6.45) is 0. The van der Waals surface area contributed by atoms with Crippen LogP contribution in [0.5, 0.6) is 17.2 Å². The van der Waals surface area contributed by atoms with Crippen LogP contribution in [0, 0.1) is 5.92 Å². The lowest BCUT2D eigenvalue weighted by Gasteiger charge is -2.22. The molecule has 29 heavy (non-hydrogen) atoms. The minimum absolute atomic E-state index is 0.00386. The third-order valence-electron chi connectivity index (χ3n) is 4.78. The van der Waals surface area contributed by atoms with E-state index in [0.717, 1.165) is 5.56 Å². The third kappa shape index (κ3) is 4.88. The number of carbonyl (C=O) groups is 2. The van der Waals surface area contributed by atoms with E-state index >= 15 is 0 Å². The van der Waals surface area contributed by atoms with Crippen molar-refractivity contribution in [3.63, 3.8) is 0 Å². The summed E-state index contributed by atoms with van der Waals surface area (Å²) in [6, 6.07) is 11.6. The lowest BCUT2D eigenvalue weighted by atomic mass is 9.86. The summed E-state index contributed by atoms with van der Waals surface area (Å²) in [4.78, 5) is 25.4. The van der Waals surface area contributed by atoms with Crippen molar-refractivity contribution in [3.05, 3.63) is 53.6 Å². The van der Waals surface area contributed by atoms with E-state index in [1.807, 2.05) is 26.0 Å². The predicted molar refractivity (Wildman–Crippen MR) is 109 cm³/mol. The third-order valence-corrected chi connectivity index (χ3v) is 4.78. The minimum Gasteiger partial charge on any atom is -0.454 e. The number of esters is 1. The second kappa shape index (κ2) is 8.15. The first-order chi connectivity index (χ1) is 13.6. The van der Waals surface area contributed by atoms with Gasteiger partial charge in [0.25, 0.3) is 5.91 Å². The first kappa shape index (κ1) is 20.7. The van der Waals surface area contributed by atoms with Crippen LogP contribution in [0.1, 0.15) is 50.5 Å². The zero-order valence-electron chi connectivity index (χ0n) is 17.4. The summed E-state index contributed by atoms with van der Waals surface area (Å²) in [5, 5.41) is 2.79. The van der Waals surface area contributed by atoms with E-state index in [0.29, 0.717) is 22.8 Å². The fourth-order valence-corrected chi connectivity index (χ4v) is 2.96. The van der Waals surface area contributed by atoms with E-state index in [1.54, 1.807) is 30.3 Å². The van der Waals surface area contributed by atoms with Crippen molar-refractivity contribution in [2.75, 3.05) is 6.79 Å². The fraction of sp³-hybridized carbons (Fsp3) is 0.391. The highest BCUT2D eigenvalue weighted by Gasteiger charge is 2.27. The van der Waals surface area contributed by atoms with Crippen LogP contribution in [0.3, 0.4) is 0 Å². The van der Waals surface area contributed by atoms with Crippen molar-refractivity contribution in [1.29, 1.82) is 0 Å². The standard InChI is InChI=1S/C23H27NO5/c1-14(2)20(22(26)29-17-10-11-18-19(12-17)28-13-27-18)24-21(25)15-6-8-16(9-7-15)23(3,4)5/h6-12,14,20H,13H2,1-5H3,(H,24,25)/t20-/m0/s1. The van der Waals surface area contributed by atoms with Gasteiger partial charge in [-0.05, 0) is 41.2 Å². The quantitative estimate of drug-likeness (QED) is 0.608. The summed E-state index contributed by atoms with van der Waals surface area (Å²) in [5.74, 6) is 0.491. The summed E-state index contributed by atoms with van der Waals surface area (Å²) < 4.78 is 16.0. The number of ether oxygens (including phenoxy) is 3. The molecule has 0 radical (unpaired) electrons. The second-order valence-electron chi connectivity index (χ2n) is 8.46. The van der Waals surface area contributed by atoms with Gasteiger partial charge in [0.05, 0.1) is 0 Å². The monoisotopic (exact) mass is 397 g/mol. The van der Waals surface area contributed by atoms with Gasteiger partial charge in [0.1, 0.15) is 11.8 Å². The van der Waals surface area contributed by atoms with Crippen molar-refractivity contribution in [1.82, 2.24) is 5.32 Å². The van der Waals surface area contributed by atoms with Gasteiger partial charge in [0.2, 0.25) is 6.79 Å². The lowest BCUT2D eigenvalue weighted by molar-refractivity contribution is -0.137. The van der Waals surface area contributed by atoms with Crippen molar-refractivity contribution in [2.24, 2.45) is 5.92 Å². The Morgan fingerprint density at radius 2 is 1.66 bits per heavy atom. The Morgan fingerprint density at radius 3 is 2.28 bits per heavy atom. The highest BCUT2D eigenvalue weighted by Crippen LogP contribution is 2.35. The highest BCUT2D eigenvalue weighted by molar-refractivity contribution is 5.97. The van der Waals surface area contributed by atoms with Crippen LogP contribution < -0.4 is 19.5 Å². The zero-order chi connectivity index (χ0) is 21.2. The van der Waals surface area contributed by atoms with Gasteiger partial charge < -0.3 is 19.5 Å². The molecule has 0 unspecified atom stereocenters. The van der Waals surface area contributed by atoms with Crippen molar-refractivity contribution < 1.29 is 23.8 Å². The molecule has 1 N–H and O–H groups in total. The van der Waals surface area contributed by atoms with Crippen LogP contribution in [0.4, 0.5) is 0 Å². The van der Waals surface area contributed by atoms with Crippen molar-refractivity contribution in [3.8, 4) is 17.2 Å². The molecule has 0 aliphatic carbocycles. The molecule has 1 atom stereocenters. The van der Waals surface area contributed by atoms with Crippen LogP contribution in [0.25, 0.3) is 0 Å². The van der Waals surface area contributed by atoms with Gasteiger partial charge in [-0.25, -0.2) is 4.79 Å². The number of carbonyl (C=O) groups excluding carboxylic acids is 2. The number of rotatable bonds is 5. The Bertz CT molecular complexity index is 896. The summed E-state index contributed by atoms with van der Waals surface area (Å²) in [5.41, 5.74) is 1.64. The van der Waals surface area contributed by atoms with Gasteiger partial charge >= 0.3 is 5.97 Å². The Kier molecular flexibility index (Phi) is 5.82. The molecule has 0 bridgehead atoms. The van der Waals surface area contributed by atoms with Gasteiger partial charge in [-0.2, -0.15) is 0 Å². The highest BCUT2D eigenvalue weighted by atomic mass is 16.7. The molecule has 154 valence electrons. The maximum atomic E-state index is 12.7. The molecule has 0 saturated carbocycles. The topological polar surface area (TPSA) is 73.9 Å². The maximum Gasteiger partial charge on any atom is 0.334 e. The Hall–Kier alpha value is -3.02. The molecule has 3 rings (SSSR count). The van der Waals surface area contributed by atoms with Gasteiger partial charge in [-0.1, -0.05) is 46.8 Å². The number of hydrogen-bond donors (Lipinski definition) is 1. The maximum absolute atomic E-state index is 12.7. The van der Waals surface area contributed by atoms with Crippen LogP contribution in [-0.4, -0.2) is 24.7 Å². The van der Waals surface area contributed by atoms with Crippen LogP contribution in [-0.2, 0) is 10.2 Å². The van der Waals surface area contributed by atoms with E-state index in [4.69, 9.17) is 14.2 Å². The van der Waals surface area contributed by atoms with Crippen LogP contribution in [0.15, 0.2) is 42.5 Å². The Morgan fingerprint density at radius 1 is 1.00 bits per heavy atom. The molecular weight excluding hydrogens is 370 g/mol. The Labute approximate surface area is 171 Å². The SMILES string of the molecule is CC(C)[C@H](NC(=O)c1ccc(C(C)(C)C)cc1)C(=O)Oc1ccc2c(c1)OCO2. The zero-order valence-corrected chi connectivity index (χ0v) is 17.4. The van der Waals surface area contributed by atoms with E-state index in [1.165, 1.54) is 0 Å². The van der Waals surface area contributed by atoms with E-state index in [-0.39, 0.29) is 24.0 Å². The molecular formula is C23H27NO5. The molecule has 1 aliphatic heterocycles. The van der Waals surface area contributed by atoms with Crippen LogP contribution in [0.2, 0.25) is 0 Å². The lowest BCUT2D eigenvalue weighted by Crippen LogP contribution is -2.46. The fourth-order valence-electron chi connectivity index (χ4n) is 2.96. The summed E-state index contributed by atoms with van der Waals surface area (Å²) in [6.45, 7) is 10.2. The van der Waals surface area contributed by atoms with Gasteiger partial charge in [0, 0.05) is 11.6 Å². The second-order valence-corrected chi connectivity index (χ2v) is 8.46. The molecule has 0 spiro atoms. The first-order valence-corrected chi connectivity index (χ1v) is 9.68. The van der Waals surface area contributed by atoms with Gasteiger partial charge in [0.15, 0.2) is 11.5 Å². The van der Waals surface area contributed by atoms with Crippen LogP contribution >= 0.6 is 0 Å². The van der Waals surface area contributed by atoms with Gasteiger partial charge in [-0.15, -0.1) is 0 Å². The van der Waals surface area contributed by atoms with E-state index in [2.05, 4.69) is 26.1 Å². The number of fused-ring (bicyclic) bond motifs is 1. The first-order valence-electron chi connectivity index (χ1n) is 9.68. The number of nitrogens with one attached hydrogen (secondary N) is 1. The smallest absolute Gasteiger partial charge is 0.334 e. The molecule has 2 aromatic carbocycles. The molecule has 0 saturated heterocycles. The molecule has 0 fully saturated rings. The van der Waals surface area contributed by atoms with E-state index < -0.39 is 12.0 Å². The number of hydrogen-bond acceptors (Lipinski definition) is 5. The number of amides is 1. The molecule has 1 heterocycles. The molecule has 0 aromatic heterocycles. The summed E-state index contributed by atoms with van der Waals surface area (Å²) >= 11 is 0. The Balaban J connectivity index is 1.69. The average Bonchev–Trinajstić information content (AvgIpc) is 3.12. The largest absolute Gasteiger partial charge is 0.454 e. The molecule has 2 aromatic rings. The van der Waals surface area contributed by atoms with Crippen molar-refractivity contribution in [2.45, 2.75) is 46.1 Å². The van der Waals surface area contributed by atoms with E-state index in [9.17, 15) is 9.59 Å². The minimum atomic E-state index is -0.782. The number of benzene rings is 2. The molecule has 6 nitrogen and oxygen atoms in total. The molecule has 1 aliphatic rings. The summed E-state index contributed by atoms with van der Waals surface area (Å²) in [7, 11) is 0. The van der Waals surface area contributed by atoms with Gasteiger partial charge in [-0.3, -0.25) is 4.79 Å².